The maximum Gasteiger partial charge on any atom is 0.336 e. The smallest absolute Gasteiger partial charge is 0.336 e. The molecule has 1 aromatic carbocycles. The molecule has 2 N–H and O–H groups in total. The van der Waals surface area contributed by atoms with Gasteiger partial charge in [-0.1, -0.05) is 31.6 Å². The summed E-state index contributed by atoms with van der Waals surface area (Å²) in [6.07, 6.45) is 2.56. The molecule has 1 aromatic rings. The molecule has 2 unspecified atom stereocenters. The number of nitrogens with two attached hydrogens (primary N) is 1. The number of carbonyl (C=O) groups excluding carboxylic acids is 3. The fourth-order valence-corrected chi connectivity index (χ4v) is 3.92. The summed E-state index contributed by atoms with van der Waals surface area (Å²) in [5, 5.41) is 11.2. The normalized spacial score (nSPS) is 16.8. The molecular formula is C22H27N3O7. The van der Waals surface area contributed by atoms with E-state index in [0.717, 1.165) is 0 Å². The lowest BCUT2D eigenvalue weighted by Crippen LogP contribution is -2.39. The third kappa shape index (κ3) is 5.20. The van der Waals surface area contributed by atoms with E-state index in [0.29, 0.717) is 29.8 Å². The summed E-state index contributed by atoms with van der Waals surface area (Å²) in [6, 6.07) is 5.96. The second-order valence-electron chi connectivity index (χ2n) is 7.48. The predicted molar refractivity (Wildman–Crippen MR) is 114 cm³/mol. The maximum absolute atomic E-state index is 13.4. The number of nitrogens with zero attached hydrogens (tertiary/aromatic N) is 2. The Bertz CT molecular complexity index is 983. The van der Waals surface area contributed by atoms with Crippen LogP contribution < -0.4 is 5.90 Å². The van der Waals surface area contributed by atoms with Crippen LogP contribution >= 0.6 is 0 Å². The zero-order valence-corrected chi connectivity index (χ0v) is 18.5. The van der Waals surface area contributed by atoms with Crippen molar-refractivity contribution in [2.24, 2.45) is 11.8 Å². The van der Waals surface area contributed by atoms with Crippen molar-refractivity contribution in [2.75, 3.05) is 7.11 Å². The van der Waals surface area contributed by atoms with Crippen molar-refractivity contribution in [3.63, 3.8) is 0 Å². The van der Waals surface area contributed by atoms with Gasteiger partial charge in [-0.2, -0.15) is 5.90 Å². The highest BCUT2D eigenvalue weighted by molar-refractivity contribution is 5.95. The van der Waals surface area contributed by atoms with Gasteiger partial charge >= 0.3 is 11.9 Å². The Morgan fingerprint density at radius 1 is 1.28 bits per heavy atom. The van der Waals surface area contributed by atoms with Crippen molar-refractivity contribution in [2.45, 2.75) is 46.0 Å². The van der Waals surface area contributed by atoms with Gasteiger partial charge in [0.2, 0.25) is 5.91 Å². The molecule has 0 spiro atoms. The fourth-order valence-electron chi connectivity index (χ4n) is 3.92. The van der Waals surface area contributed by atoms with Gasteiger partial charge in [0.25, 0.3) is 5.69 Å². The van der Waals surface area contributed by atoms with Gasteiger partial charge < -0.3 is 9.57 Å². The van der Waals surface area contributed by atoms with Gasteiger partial charge in [-0.15, -0.1) is 0 Å². The minimum absolute atomic E-state index is 0.114. The topological polar surface area (TPSA) is 142 Å². The maximum atomic E-state index is 13.4. The van der Waals surface area contributed by atoms with Crippen LogP contribution in [0.2, 0.25) is 0 Å². The lowest BCUT2D eigenvalue weighted by Gasteiger charge is -2.35. The molecule has 2 rings (SSSR count). The van der Waals surface area contributed by atoms with Crippen molar-refractivity contribution < 1.29 is 28.9 Å². The van der Waals surface area contributed by atoms with E-state index in [1.807, 2.05) is 6.92 Å². The van der Waals surface area contributed by atoms with Crippen LogP contribution in [0.1, 0.15) is 51.5 Å². The van der Waals surface area contributed by atoms with Crippen LogP contribution in [0.4, 0.5) is 5.69 Å². The molecule has 1 amide bonds. The molecule has 0 saturated heterocycles. The van der Waals surface area contributed by atoms with E-state index in [-0.39, 0.29) is 23.6 Å². The number of nitro groups is 1. The third-order valence-corrected chi connectivity index (χ3v) is 5.39. The van der Waals surface area contributed by atoms with Crippen LogP contribution in [0.25, 0.3) is 0 Å². The Morgan fingerprint density at radius 3 is 2.53 bits per heavy atom. The Kier molecular flexibility index (Phi) is 8.25. The SMILES string of the molecule is CCCC(CC(=O)ON)C(=O)N1C(C)=CC(c2cccc([N+](=O)[O-])c2)C(C(=O)OC)=C1C. The number of nitro benzene ring substituents is 1. The summed E-state index contributed by atoms with van der Waals surface area (Å²) in [5.41, 5.74) is 1.45. The van der Waals surface area contributed by atoms with Gasteiger partial charge in [-0.3, -0.25) is 24.6 Å². The number of allylic oxidation sites excluding steroid dienone is 3. The van der Waals surface area contributed by atoms with Crippen molar-refractivity contribution in [3.05, 3.63) is 63.0 Å². The standard InChI is InChI=1S/C22H27N3O7/c1-5-7-16(12-19(26)32-23)21(27)24-13(2)10-18(20(14(24)3)22(28)31-4)15-8-6-9-17(11-15)25(29)30/h6,8-11,16,18H,5,7,12,23H2,1-4H3. The fraction of sp³-hybridized carbons (Fsp3) is 0.409. The molecule has 172 valence electrons. The molecule has 0 radical (unpaired) electrons. The van der Waals surface area contributed by atoms with Gasteiger partial charge in [0.1, 0.15) is 0 Å². The van der Waals surface area contributed by atoms with Crippen molar-refractivity contribution in [3.8, 4) is 0 Å². The van der Waals surface area contributed by atoms with Crippen LogP contribution in [0.5, 0.6) is 0 Å². The summed E-state index contributed by atoms with van der Waals surface area (Å²) < 4.78 is 4.95. The second-order valence-corrected chi connectivity index (χ2v) is 7.48. The Labute approximate surface area is 185 Å². The highest BCUT2D eigenvalue weighted by Gasteiger charge is 2.37. The number of non-ortho nitro benzene ring substituents is 1. The number of carbonyl (C=O) groups is 3. The third-order valence-electron chi connectivity index (χ3n) is 5.39. The van der Waals surface area contributed by atoms with Crippen LogP contribution in [-0.4, -0.2) is 34.8 Å². The first-order valence-electron chi connectivity index (χ1n) is 10.1. The number of benzene rings is 1. The van der Waals surface area contributed by atoms with Crippen molar-refractivity contribution in [1.82, 2.24) is 4.90 Å². The lowest BCUT2D eigenvalue weighted by molar-refractivity contribution is -0.384. The summed E-state index contributed by atoms with van der Waals surface area (Å²) >= 11 is 0. The van der Waals surface area contributed by atoms with Gasteiger partial charge in [0, 0.05) is 35.4 Å². The van der Waals surface area contributed by atoms with Crippen LogP contribution in [0, 0.1) is 16.0 Å². The molecule has 1 heterocycles. The zero-order chi connectivity index (χ0) is 24.0. The van der Waals surface area contributed by atoms with E-state index in [2.05, 4.69) is 4.84 Å². The monoisotopic (exact) mass is 445 g/mol. The average molecular weight is 445 g/mol. The van der Waals surface area contributed by atoms with Gasteiger partial charge in [-0.05, 0) is 25.8 Å². The Morgan fingerprint density at radius 2 is 1.97 bits per heavy atom. The van der Waals surface area contributed by atoms with E-state index < -0.39 is 28.7 Å². The number of ether oxygens (including phenoxy) is 1. The van der Waals surface area contributed by atoms with Gasteiger partial charge in [0.05, 0.1) is 24.0 Å². The Hall–Kier alpha value is -3.53. The predicted octanol–water partition coefficient (Wildman–Crippen LogP) is 3.09. The first-order valence-corrected chi connectivity index (χ1v) is 10.1. The second kappa shape index (κ2) is 10.7. The van der Waals surface area contributed by atoms with Crippen LogP contribution in [0.15, 0.2) is 47.3 Å². The van der Waals surface area contributed by atoms with Crippen molar-refractivity contribution >= 4 is 23.5 Å². The molecule has 1 aliphatic heterocycles. The molecule has 2 atom stereocenters. The lowest BCUT2D eigenvalue weighted by atomic mass is 9.85. The zero-order valence-electron chi connectivity index (χ0n) is 18.5. The van der Waals surface area contributed by atoms with Crippen LogP contribution in [-0.2, 0) is 24.0 Å². The number of hydrogen-bond acceptors (Lipinski definition) is 8. The molecule has 0 bridgehead atoms. The molecule has 0 fully saturated rings. The number of amides is 1. The largest absolute Gasteiger partial charge is 0.466 e. The number of esters is 1. The summed E-state index contributed by atoms with van der Waals surface area (Å²) in [4.78, 5) is 54.1. The minimum atomic E-state index is -0.709. The summed E-state index contributed by atoms with van der Waals surface area (Å²) in [6.45, 7) is 5.19. The minimum Gasteiger partial charge on any atom is -0.466 e. The first kappa shape index (κ1) is 24.7. The van der Waals surface area contributed by atoms with E-state index in [1.165, 1.54) is 30.2 Å². The number of methoxy groups -OCH3 is 1. The van der Waals surface area contributed by atoms with E-state index in [1.54, 1.807) is 26.0 Å². The first-order chi connectivity index (χ1) is 15.2. The van der Waals surface area contributed by atoms with Crippen molar-refractivity contribution in [1.29, 1.82) is 0 Å². The molecule has 10 nitrogen and oxygen atoms in total. The molecule has 1 aliphatic rings. The van der Waals surface area contributed by atoms with Gasteiger partial charge in [0.15, 0.2) is 0 Å². The van der Waals surface area contributed by atoms with E-state index in [9.17, 15) is 24.5 Å². The summed E-state index contributed by atoms with van der Waals surface area (Å²) in [5.74, 6) is 1.86. The quantitative estimate of drug-likeness (QED) is 0.365. The van der Waals surface area contributed by atoms with Crippen LogP contribution in [0.3, 0.4) is 0 Å². The molecule has 0 saturated carbocycles. The molecule has 32 heavy (non-hydrogen) atoms. The number of rotatable bonds is 8. The summed E-state index contributed by atoms with van der Waals surface area (Å²) in [7, 11) is 1.22. The highest BCUT2D eigenvalue weighted by Crippen LogP contribution is 2.39. The Balaban J connectivity index is 2.56. The molecule has 0 aromatic heterocycles. The number of hydrogen-bond donors (Lipinski definition) is 1. The molecule has 10 heteroatoms. The molecular weight excluding hydrogens is 418 g/mol. The molecule has 0 aliphatic carbocycles. The van der Waals surface area contributed by atoms with E-state index >= 15 is 0 Å². The van der Waals surface area contributed by atoms with E-state index in [4.69, 9.17) is 10.6 Å². The van der Waals surface area contributed by atoms with Gasteiger partial charge in [-0.25, -0.2) is 4.79 Å². The average Bonchev–Trinajstić information content (AvgIpc) is 2.77. The highest BCUT2D eigenvalue weighted by atomic mass is 16.7.